The number of ether oxygens (including phenoxy) is 1. The topological polar surface area (TPSA) is 110 Å². The van der Waals surface area contributed by atoms with Crippen molar-refractivity contribution in [2.45, 2.75) is 17.4 Å². The van der Waals surface area contributed by atoms with E-state index in [1.807, 2.05) is 0 Å². The van der Waals surface area contributed by atoms with Crippen molar-refractivity contribution in [2.75, 3.05) is 32.7 Å². The van der Waals surface area contributed by atoms with Gasteiger partial charge < -0.3 is 9.64 Å². The first-order valence-electron chi connectivity index (χ1n) is 7.20. The van der Waals surface area contributed by atoms with Crippen molar-refractivity contribution in [1.29, 1.82) is 0 Å². The first-order valence-corrected chi connectivity index (χ1v) is 10.5. The first kappa shape index (κ1) is 18.7. The lowest BCUT2D eigenvalue weighted by molar-refractivity contribution is 0.0747. The van der Waals surface area contributed by atoms with Gasteiger partial charge in [0.1, 0.15) is 10.6 Å². The van der Waals surface area contributed by atoms with Crippen LogP contribution in [-0.4, -0.2) is 66.4 Å². The molecule has 24 heavy (non-hydrogen) atoms. The van der Waals surface area contributed by atoms with E-state index < -0.39 is 31.8 Å². The molecule has 1 N–H and O–H groups in total. The predicted molar refractivity (Wildman–Crippen MR) is 88.4 cm³/mol. The minimum Gasteiger partial charge on any atom is -0.495 e. The standard InChI is InChI=1S/C14H20N2O6S2/c1-15-24(20,21)13-8-10(4-5-12(13)22-3)14(17)16(2)11-6-7-23(18,19)9-11/h4-5,8,11,15H,6-7,9H2,1-3H3/t11-/m0/s1. The summed E-state index contributed by atoms with van der Waals surface area (Å²) in [6, 6.07) is 3.67. The number of amides is 1. The maximum atomic E-state index is 12.6. The zero-order valence-corrected chi connectivity index (χ0v) is 15.3. The molecule has 2 rings (SSSR count). The highest BCUT2D eigenvalue weighted by molar-refractivity contribution is 7.91. The Labute approximate surface area is 141 Å². The van der Waals surface area contributed by atoms with E-state index in [9.17, 15) is 21.6 Å². The summed E-state index contributed by atoms with van der Waals surface area (Å²) in [5, 5.41) is 0. The molecule has 10 heteroatoms. The number of rotatable bonds is 5. The lowest BCUT2D eigenvalue weighted by atomic mass is 10.1. The Bertz CT molecular complexity index is 848. The number of sulfone groups is 1. The van der Waals surface area contributed by atoms with E-state index in [2.05, 4.69) is 4.72 Å². The lowest BCUT2D eigenvalue weighted by Gasteiger charge is -2.23. The van der Waals surface area contributed by atoms with Crippen LogP contribution in [0.3, 0.4) is 0 Å². The molecule has 1 atom stereocenters. The molecule has 8 nitrogen and oxygen atoms in total. The summed E-state index contributed by atoms with van der Waals surface area (Å²) in [6.07, 6.45) is 0.377. The van der Waals surface area contributed by atoms with Gasteiger partial charge in [-0.15, -0.1) is 0 Å². The molecule has 0 radical (unpaired) electrons. The summed E-state index contributed by atoms with van der Waals surface area (Å²) < 4.78 is 54.5. The Morgan fingerprint density at radius 1 is 1.38 bits per heavy atom. The lowest BCUT2D eigenvalue weighted by Crippen LogP contribution is -2.38. The van der Waals surface area contributed by atoms with Gasteiger partial charge in [0, 0.05) is 18.7 Å². The van der Waals surface area contributed by atoms with Crippen molar-refractivity contribution in [3.05, 3.63) is 23.8 Å². The molecule has 0 spiro atoms. The van der Waals surface area contributed by atoms with Crippen molar-refractivity contribution in [3.63, 3.8) is 0 Å². The second kappa shape index (κ2) is 6.69. The molecule has 1 fully saturated rings. The summed E-state index contributed by atoms with van der Waals surface area (Å²) in [5.74, 6) is -0.344. The van der Waals surface area contributed by atoms with Gasteiger partial charge in [-0.3, -0.25) is 4.79 Å². The fourth-order valence-electron chi connectivity index (χ4n) is 2.58. The van der Waals surface area contributed by atoms with Gasteiger partial charge in [0.25, 0.3) is 5.91 Å². The summed E-state index contributed by atoms with van der Waals surface area (Å²) >= 11 is 0. The van der Waals surface area contributed by atoms with Crippen LogP contribution >= 0.6 is 0 Å². The monoisotopic (exact) mass is 376 g/mol. The third-order valence-corrected chi connectivity index (χ3v) is 7.23. The number of nitrogens with zero attached hydrogens (tertiary/aromatic N) is 1. The van der Waals surface area contributed by atoms with E-state index in [-0.39, 0.29) is 27.7 Å². The second-order valence-electron chi connectivity index (χ2n) is 5.55. The van der Waals surface area contributed by atoms with Crippen molar-refractivity contribution in [3.8, 4) is 5.75 Å². The minimum absolute atomic E-state index is 0.0529. The van der Waals surface area contributed by atoms with E-state index >= 15 is 0 Å². The smallest absolute Gasteiger partial charge is 0.253 e. The number of carbonyl (C=O) groups excluding carboxylic acids is 1. The molecule has 1 aliphatic rings. The highest BCUT2D eigenvalue weighted by atomic mass is 32.2. The van der Waals surface area contributed by atoms with E-state index in [1.54, 1.807) is 0 Å². The van der Waals surface area contributed by atoms with E-state index in [0.29, 0.717) is 6.42 Å². The summed E-state index contributed by atoms with van der Waals surface area (Å²) in [6.45, 7) is 0. The predicted octanol–water partition coefficient (Wildman–Crippen LogP) is -0.138. The fraction of sp³-hybridized carbons (Fsp3) is 0.500. The van der Waals surface area contributed by atoms with Gasteiger partial charge in [-0.1, -0.05) is 0 Å². The maximum Gasteiger partial charge on any atom is 0.253 e. The van der Waals surface area contributed by atoms with Gasteiger partial charge in [0.05, 0.1) is 18.6 Å². The molecule has 1 heterocycles. The molecule has 0 saturated carbocycles. The molecule has 1 aromatic carbocycles. The largest absolute Gasteiger partial charge is 0.495 e. The van der Waals surface area contributed by atoms with Gasteiger partial charge in [-0.2, -0.15) is 0 Å². The second-order valence-corrected chi connectivity index (χ2v) is 9.63. The number of carbonyl (C=O) groups is 1. The molecule has 1 aromatic rings. The normalized spacial score (nSPS) is 19.9. The molecule has 1 aliphatic heterocycles. The number of benzene rings is 1. The highest BCUT2D eigenvalue weighted by Gasteiger charge is 2.33. The van der Waals surface area contributed by atoms with Crippen molar-refractivity contribution in [2.24, 2.45) is 0 Å². The van der Waals surface area contributed by atoms with Gasteiger partial charge in [0.2, 0.25) is 10.0 Å². The molecular weight excluding hydrogens is 356 g/mol. The van der Waals surface area contributed by atoms with Gasteiger partial charge in [-0.05, 0) is 31.7 Å². The Hall–Kier alpha value is -1.65. The average Bonchev–Trinajstić information content (AvgIpc) is 2.92. The minimum atomic E-state index is -3.80. The number of hydrogen-bond acceptors (Lipinski definition) is 6. The fourth-order valence-corrected chi connectivity index (χ4v) is 5.27. The van der Waals surface area contributed by atoms with Crippen LogP contribution < -0.4 is 9.46 Å². The SMILES string of the molecule is CNS(=O)(=O)c1cc(C(=O)N(C)[C@H]2CCS(=O)(=O)C2)ccc1OC. The maximum absolute atomic E-state index is 12.6. The van der Waals surface area contributed by atoms with Gasteiger partial charge in [0.15, 0.2) is 9.84 Å². The zero-order chi connectivity index (χ0) is 18.1. The molecular formula is C14H20N2O6S2. The molecule has 0 aromatic heterocycles. The molecule has 0 bridgehead atoms. The Kier molecular flexibility index (Phi) is 5.21. The van der Waals surface area contributed by atoms with Crippen LogP contribution in [0.15, 0.2) is 23.1 Å². The molecule has 134 valence electrons. The molecule has 0 unspecified atom stereocenters. The van der Waals surface area contributed by atoms with Crippen LogP contribution in [0, 0.1) is 0 Å². The summed E-state index contributed by atoms with van der Waals surface area (Å²) in [5.41, 5.74) is 0.149. The number of methoxy groups -OCH3 is 1. The van der Waals surface area contributed by atoms with Crippen molar-refractivity contribution in [1.82, 2.24) is 9.62 Å². The number of sulfonamides is 1. The van der Waals surface area contributed by atoms with E-state index in [0.717, 1.165) is 0 Å². The van der Waals surface area contributed by atoms with Crippen LogP contribution in [0.5, 0.6) is 5.75 Å². The molecule has 0 aliphatic carbocycles. The number of hydrogen-bond donors (Lipinski definition) is 1. The number of nitrogens with one attached hydrogen (secondary N) is 1. The first-order chi connectivity index (χ1) is 11.1. The molecule has 1 saturated heterocycles. The third-order valence-electron chi connectivity index (χ3n) is 4.05. The van der Waals surface area contributed by atoms with Gasteiger partial charge >= 0.3 is 0 Å². The Balaban J connectivity index is 2.35. The van der Waals surface area contributed by atoms with Crippen molar-refractivity contribution < 1.29 is 26.4 Å². The van der Waals surface area contributed by atoms with Crippen LogP contribution in [0.25, 0.3) is 0 Å². The van der Waals surface area contributed by atoms with Crippen molar-refractivity contribution >= 4 is 25.8 Å². The van der Waals surface area contributed by atoms with E-state index in [1.165, 1.54) is 44.3 Å². The van der Waals surface area contributed by atoms with E-state index in [4.69, 9.17) is 4.74 Å². The third kappa shape index (κ3) is 3.70. The average molecular weight is 376 g/mol. The van der Waals surface area contributed by atoms with Crippen LogP contribution in [0.4, 0.5) is 0 Å². The quantitative estimate of drug-likeness (QED) is 0.766. The van der Waals surface area contributed by atoms with Crippen LogP contribution in [-0.2, 0) is 19.9 Å². The van der Waals surface area contributed by atoms with Crippen LogP contribution in [0.2, 0.25) is 0 Å². The highest BCUT2D eigenvalue weighted by Crippen LogP contribution is 2.26. The Morgan fingerprint density at radius 2 is 2.04 bits per heavy atom. The van der Waals surface area contributed by atoms with Gasteiger partial charge in [-0.25, -0.2) is 21.6 Å². The summed E-state index contributed by atoms with van der Waals surface area (Å²) in [7, 11) is -2.81. The Morgan fingerprint density at radius 3 is 2.54 bits per heavy atom. The molecule has 1 amide bonds. The summed E-state index contributed by atoms with van der Waals surface area (Å²) in [4.78, 5) is 13.8. The zero-order valence-electron chi connectivity index (χ0n) is 13.6. The van der Waals surface area contributed by atoms with Crippen LogP contribution in [0.1, 0.15) is 16.8 Å².